The van der Waals surface area contributed by atoms with Gasteiger partial charge in [0, 0.05) is 0 Å². The van der Waals surface area contributed by atoms with Crippen molar-refractivity contribution >= 4 is 16.7 Å². The third-order valence-electron chi connectivity index (χ3n) is 3.97. The van der Waals surface area contributed by atoms with Crippen LogP contribution in [-0.2, 0) is 9.53 Å². The summed E-state index contributed by atoms with van der Waals surface area (Å²) in [6, 6.07) is 13.2. The minimum Gasteiger partial charge on any atom is -0.461 e. The minimum atomic E-state index is -0.694. The fourth-order valence-corrected chi connectivity index (χ4v) is 2.78. The summed E-state index contributed by atoms with van der Waals surface area (Å²) in [6.45, 7) is 0. The smallest absolute Gasteiger partial charge is 0.327 e. The Bertz CT molecular complexity index is 617. The number of fused-ring (bicyclic) bond motifs is 1. The zero-order valence-electron chi connectivity index (χ0n) is 11.4. The lowest BCUT2D eigenvalue weighted by molar-refractivity contribution is -0.150. The number of ether oxygens (including phenoxy) is 1. The molecule has 0 radical (unpaired) electrons. The molecule has 1 fully saturated rings. The molecule has 0 aliphatic heterocycles. The van der Waals surface area contributed by atoms with Gasteiger partial charge in [-0.2, -0.15) is 0 Å². The topological polar surface area (TPSA) is 52.3 Å². The van der Waals surface area contributed by atoms with E-state index in [9.17, 15) is 4.79 Å². The van der Waals surface area contributed by atoms with E-state index in [2.05, 4.69) is 0 Å². The molecule has 3 rings (SSSR count). The van der Waals surface area contributed by atoms with Crippen molar-refractivity contribution in [3.8, 4) is 0 Å². The first-order valence-corrected chi connectivity index (χ1v) is 7.19. The second-order valence-electron chi connectivity index (χ2n) is 5.43. The molecule has 1 saturated carbocycles. The maximum Gasteiger partial charge on any atom is 0.327 e. The van der Waals surface area contributed by atoms with E-state index in [1.54, 1.807) is 0 Å². The molecule has 1 unspecified atom stereocenters. The highest BCUT2D eigenvalue weighted by Gasteiger charge is 2.24. The van der Waals surface area contributed by atoms with Gasteiger partial charge < -0.3 is 10.5 Å². The number of esters is 1. The van der Waals surface area contributed by atoms with Crippen molar-refractivity contribution in [1.82, 2.24) is 0 Å². The molecule has 20 heavy (non-hydrogen) atoms. The van der Waals surface area contributed by atoms with Gasteiger partial charge in [0.15, 0.2) is 0 Å². The molecule has 2 N–H and O–H groups in total. The maximum absolute atomic E-state index is 12.1. The van der Waals surface area contributed by atoms with E-state index >= 15 is 0 Å². The molecule has 3 nitrogen and oxygen atoms in total. The van der Waals surface area contributed by atoms with Gasteiger partial charge >= 0.3 is 5.97 Å². The van der Waals surface area contributed by atoms with Crippen molar-refractivity contribution in [2.75, 3.05) is 0 Å². The van der Waals surface area contributed by atoms with Gasteiger partial charge in [0.1, 0.15) is 12.1 Å². The summed E-state index contributed by atoms with van der Waals surface area (Å²) in [5.74, 6) is -0.313. The molecule has 1 aliphatic carbocycles. The Kier molecular flexibility index (Phi) is 3.70. The van der Waals surface area contributed by atoms with Crippen LogP contribution in [0.3, 0.4) is 0 Å². The van der Waals surface area contributed by atoms with Crippen LogP contribution in [-0.4, -0.2) is 12.1 Å². The standard InChI is InChI=1S/C17H19NO2/c18-16(17(19)20-15-7-3-4-8-15)14-10-9-12-5-1-2-6-13(12)11-14/h1-2,5-6,9-11,15-16H,3-4,7-8,18H2. The summed E-state index contributed by atoms with van der Waals surface area (Å²) in [6.07, 6.45) is 4.28. The average molecular weight is 269 g/mol. The number of nitrogens with two attached hydrogens (primary N) is 1. The van der Waals surface area contributed by atoms with Crippen LogP contribution in [0.15, 0.2) is 42.5 Å². The molecule has 0 bridgehead atoms. The molecule has 104 valence electrons. The highest BCUT2D eigenvalue weighted by molar-refractivity contribution is 5.85. The molecule has 0 heterocycles. The lowest BCUT2D eigenvalue weighted by Gasteiger charge is -2.16. The van der Waals surface area contributed by atoms with Crippen LogP contribution in [0.1, 0.15) is 37.3 Å². The van der Waals surface area contributed by atoms with E-state index in [0.717, 1.165) is 42.0 Å². The van der Waals surface area contributed by atoms with Gasteiger partial charge in [0.2, 0.25) is 0 Å². The number of hydrogen-bond acceptors (Lipinski definition) is 3. The Morgan fingerprint density at radius 3 is 2.55 bits per heavy atom. The van der Waals surface area contributed by atoms with Crippen LogP contribution >= 0.6 is 0 Å². The highest BCUT2D eigenvalue weighted by Crippen LogP contribution is 2.24. The lowest BCUT2D eigenvalue weighted by Crippen LogP contribution is -2.27. The Balaban J connectivity index is 1.76. The molecule has 2 aromatic carbocycles. The first-order valence-electron chi connectivity index (χ1n) is 7.19. The zero-order chi connectivity index (χ0) is 13.9. The normalized spacial score (nSPS) is 17.2. The lowest BCUT2D eigenvalue weighted by atomic mass is 10.0. The number of benzene rings is 2. The van der Waals surface area contributed by atoms with Gasteiger partial charge in [-0.3, -0.25) is 0 Å². The molecule has 0 aromatic heterocycles. The number of carbonyl (C=O) groups excluding carboxylic acids is 1. The second kappa shape index (κ2) is 5.63. The van der Waals surface area contributed by atoms with Crippen LogP contribution < -0.4 is 5.73 Å². The number of hydrogen-bond donors (Lipinski definition) is 1. The van der Waals surface area contributed by atoms with Gasteiger partial charge in [0.25, 0.3) is 0 Å². The Labute approximate surface area is 118 Å². The van der Waals surface area contributed by atoms with Crippen LogP contribution in [0.25, 0.3) is 10.8 Å². The van der Waals surface area contributed by atoms with Crippen LogP contribution in [0.5, 0.6) is 0 Å². The monoisotopic (exact) mass is 269 g/mol. The quantitative estimate of drug-likeness (QED) is 0.870. The third kappa shape index (κ3) is 2.68. The van der Waals surface area contributed by atoms with E-state index in [-0.39, 0.29) is 12.1 Å². The number of rotatable bonds is 3. The van der Waals surface area contributed by atoms with Crippen molar-refractivity contribution in [1.29, 1.82) is 0 Å². The largest absolute Gasteiger partial charge is 0.461 e. The van der Waals surface area contributed by atoms with E-state index < -0.39 is 6.04 Å². The fraction of sp³-hybridized carbons (Fsp3) is 0.353. The van der Waals surface area contributed by atoms with Gasteiger partial charge in [-0.1, -0.05) is 36.4 Å². The van der Waals surface area contributed by atoms with E-state index in [1.165, 1.54) is 0 Å². The van der Waals surface area contributed by atoms with E-state index in [0.29, 0.717) is 0 Å². The SMILES string of the molecule is NC(C(=O)OC1CCCC1)c1ccc2ccccc2c1. The molecule has 0 amide bonds. The molecule has 1 aliphatic rings. The molecule has 1 atom stereocenters. The maximum atomic E-state index is 12.1. The minimum absolute atomic E-state index is 0.0639. The summed E-state index contributed by atoms with van der Waals surface area (Å²) in [5, 5.41) is 2.24. The Morgan fingerprint density at radius 1 is 1.10 bits per heavy atom. The van der Waals surface area contributed by atoms with Crippen LogP contribution in [0.4, 0.5) is 0 Å². The molecular formula is C17H19NO2. The molecular weight excluding hydrogens is 250 g/mol. The summed E-state index contributed by atoms with van der Waals surface area (Å²) >= 11 is 0. The third-order valence-corrected chi connectivity index (χ3v) is 3.97. The first-order chi connectivity index (χ1) is 9.74. The molecule has 2 aromatic rings. The van der Waals surface area contributed by atoms with Crippen molar-refractivity contribution in [2.24, 2.45) is 5.73 Å². The van der Waals surface area contributed by atoms with E-state index in [4.69, 9.17) is 10.5 Å². The van der Waals surface area contributed by atoms with Crippen molar-refractivity contribution < 1.29 is 9.53 Å². The molecule has 0 saturated heterocycles. The second-order valence-corrected chi connectivity index (χ2v) is 5.43. The van der Waals surface area contributed by atoms with Gasteiger partial charge in [-0.15, -0.1) is 0 Å². The van der Waals surface area contributed by atoms with E-state index in [1.807, 2.05) is 42.5 Å². The summed E-state index contributed by atoms with van der Waals surface area (Å²) < 4.78 is 5.48. The first kappa shape index (κ1) is 13.1. The average Bonchev–Trinajstić information content (AvgIpc) is 2.99. The highest BCUT2D eigenvalue weighted by atomic mass is 16.5. The predicted molar refractivity (Wildman–Crippen MR) is 79.2 cm³/mol. The Hall–Kier alpha value is -1.87. The molecule has 3 heteroatoms. The van der Waals surface area contributed by atoms with Crippen molar-refractivity contribution in [3.63, 3.8) is 0 Å². The zero-order valence-corrected chi connectivity index (χ0v) is 11.4. The number of carbonyl (C=O) groups is 1. The molecule has 0 spiro atoms. The fourth-order valence-electron chi connectivity index (χ4n) is 2.78. The predicted octanol–water partition coefficient (Wildman–Crippen LogP) is 3.33. The van der Waals surface area contributed by atoms with Crippen LogP contribution in [0, 0.1) is 0 Å². The van der Waals surface area contributed by atoms with Gasteiger partial charge in [-0.05, 0) is 48.1 Å². The van der Waals surface area contributed by atoms with Gasteiger partial charge in [-0.25, -0.2) is 4.79 Å². The van der Waals surface area contributed by atoms with Crippen molar-refractivity contribution in [2.45, 2.75) is 37.8 Å². The van der Waals surface area contributed by atoms with Crippen LogP contribution in [0.2, 0.25) is 0 Å². The Morgan fingerprint density at radius 2 is 1.80 bits per heavy atom. The van der Waals surface area contributed by atoms with Crippen molar-refractivity contribution in [3.05, 3.63) is 48.0 Å². The summed E-state index contributed by atoms with van der Waals surface area (Å²) in [4.78, 5) is 12.1. The summed E-state index contributed by atoms with van der Waals surface area (Å²) in [5.41, 5.74) is 6.84. The summed E-state index contributed by atoms with van der Waals surface area (Å²) in [7, 11) is 0. The van der Waals surface area contributed by atoms with Gasteiger partial charge in [0.05, 0.1) is 0 Å².